The number of hydrogen-bond donors (Lipinski definition) is 2. The summed E-state index contributed by atoms with van der Waals surface area (Å²) in [5.41, 5.74) is 1.10. The number of carbonyl (C=O) groups is 1. The number of piperidine rings is 1. The van der Waals surface area contributed by atoms with Crippen molar-refractivity contribution in [3.05, 3.63) is 35.9 Å². The van der Waals surface area contributed by atoms with Crippen molar-refractivity contribution < 1.29 is 9.90 Å². The molecule has 2 rings (SSSR count). The zero-order valence-corrected chi connectivity index (χ0v) is 12.1. The van der Waals surface area contributed by atoms with E-state index in [1.807, 2.05) is 30.3 Å². The van der Waals surface area contributed by atoms with E-state index in [9.17, 15) is 9.90 Å². The maximum absolute atomic E-state index is 12.6. The second kappa shape index (κ2) is 7.41. The molecular weight excluding hydrogens is 252 g/mol. The molecule has 0 radical (unpaired) electrons. The van der Waals surface area contributed by atoms with Gasteiger partial charge in [0.2, 0.25) is 5.91 Å². The van der Waals surface area contributed by atoms with Crippen molar-refractivity contribution in [3.8, 4) is 0 Å². The summed E-state index contributed by atoms with van der Waals surface area (Å²) in [6.45, 7) is 4.04. The molecule has 0 saturated carbocycles. The van der Waals surface area contributed by atoms with Crippen LogP contribution in [0.4, 0.5) is 0 Å². The van der Waals surface area contributed by atoms with E-state index >= 15 is 0 Å². The molecule has 1 saturated heterocycles. The number of nitrogens with zero attached hydrogens (tertiary/aromatic N) is 1. The van der Waals surface area contributed by atoms with Crippen LogP contribution in [0.1, 0.15) is 25.3 Å². The van der Waals surface area contributed by atoms with Gasteiger partial charge in [-0.05, 0) is 30.9 Å². The van der Waals surface area contributed by atoms with Crippen molar-refractivity contribution >= 4 is 5.91 Å². The second-order valence-corrected chi connectivity index (χ2v) is 5.61. The topological polar surface area (TPSA) is 52.6 Å². The van der Waals surface area contributed by atoms with Crippen LogP contribution in [0.2, 0.25) is 0 Å². The van der Waals surface area contributed by atoms with Crippen LogP contribution in [0.25, 0.3) is 0 Å². The third-order valence-corrected chi connectivity index (χ3v) is 3.86. The number of amides is 1. The maximum Gasteiger partial charge on any atom is 0.240 e. The highest BCUT2D eigenvalue weighted by atomic mass is 16.3. The Morgan fingerprint density at radius 3 is 2.80 bits per heavy atom. The molecule has 20 heavy (non-hydrogen) atoms. The standard InChI is InChI=1S/C16H24N2O2/c1-13-7-8-17-15(11-13)16(20)18(9-10-19)12-14-5-3-2-4-6-14/h2-6,13,15,17,19H,7-12H2,1H3. The second-order valence-electron chi connectivity index (χ2n) is 5.61. The van der Waals surface area contributed by atoms with Crippen LogP contribution in [0.3, 0.4) is 0 Å². The Kier molecular flexibility index (Phi) is 5.56. The molecule has 1 aliphatic heterocycles. The van der Waals surface area contributed by atoms with Gasteiger partial charge >= 0.3 is 0 Å². The summed E-state index contributed by atoms with van der Waals surface area (Å²) in [7, 11) is 0. The molecule has 0 aliphatic carbocycles. The fourth-order valence-electron chi connectivity index (χ4n) is 2.71. The van der Waals surface area contributed by atoms with E-state index in [2.05, 4.69) is 12.2 Å². The highest BCUT2D eigenvalue weighted by Gasteiger charge is 2.28. The van der Waals surface area contributed by atoms with Gasteiger partial charge in [-0.1, -0.05) is 37.3 Å². The SMILES string of the molecule is CC1CCNC(C(=O)N(CCO)Cc2ccccc2)C1. The van der Waals surface area contributed by atoms with Gasteiger partial charge in [0.25, 0.3) is 0 Å². The van der Waals surface area contributed by atoms with E-state index in [0.717, 1.165) is 24.9 Å². The Morgan fingerprint density at radius 1 is 1.40 bits per heavy atom. The summed E-state index contributed by atoms with van der Waals surface area (Å²) >= 11 is 0. The fourth-order valence-corrected chi connectivity index (χ4v) is 2.71. The van der Waals surface area contributed by atoms with E-state index < -0.39 is 0 Å². The molecule has 0 spiro atoms. The first-order chi connectivity index (χ1) is 9.70. The summed E-state index contributed by atoms with van der Waals surface area (Å²) in [6.07, 6.45) is 2.01. The quantitative estimate of drug-likeness (QED) is 0.854. The number of aliphatic hydroxyl groups excluding tert-OH is 1. The summed E-state index contributed by atoms with van der Waals surface area (Å²) in [6, 6.07) is 9.82. The van der Waals surface area contributed by atoms with Crippen molar-refractivity contribution in [2.24, 2.45) is 5.92 Å². The summed E-state index contributed by atoms with van der Waals surface area (Å²) < 4.78 is 0. The van der Waals surface area contributed by atoms with Gasteiger partial charge in [0.15, 0.2) is 0 Å². The molecule has 4 heteroatoms. The highest BCUT2D eigenvalue weighted by molar-refractivity contribution is 5.82. The lowest BCUT2D eigenvalue weighted by Gasteiger charge is -2.32. The Bertz CT molecular complexity index is 422. The first kappa shape index (κ1) is 15.0. The molecule has 1 aromatic rings. The fraction of sp³-hybridized carbons (Fsp3) is 0.562. The number of nitrogens with one attached hydrogen (secondary N) is 1. The van der Waals surface area contributed by atoms with Crippen LogP contribution in [-0.2, 0) is 11.3 Å². The molecule has 1 fully saturated rings. The molecule has 1 heterocycles. The van der Waals surface area contributed by atoms with Gasteiger partial charge in [-0.25, -0.2) is 0 Å². The summed E-state index contributed by atoms with van der Waals surface area (Å²) in [4.78, 5) is 14.3. The smallest absolute Gasteiger partial charge is 0.240 e. The Hall–Kier alpha value is -1.39. The molecule has 1 aromatic carbocycles. The molecule has 1 aliphatic rings. The van der Waals surface area contributed by atoms with Gasteiger partial charge in [0.05, 0.1) is 12.6 Å². The Balaban J connectivity index is 2.01. The van der Waals surface area contributed by atoms with Crippen LogP contribution < -0.4 is 5.32 Å². The minimum atomic E-state index is -0.103. The number of hydrogen-bond acceptors (Lipinski definition) is 3. The predicted molar refractivity (Wildman–Crippen MR) is 79.1 cm³/mol. The molecular formula is C16H24N2O2. The van der Waals surface area contributed by atoms with Crippen LogP contribution in [0, 0.1) is 5.92 Å². The lowest BCUT2D eigenvalue weighted by atomic mass is 9.93. The number of benzene rings is 1. The van der Waals surface area contributed by atoms with E-state index in [0.29, 0.717) is 19.0 Å². The molecule has 0 aromatic heterocycles. The Labute approximate surface area is 120 Å². The average molecular weight is 276 g/mol. The minimum Gasteiger partial charge on any atom is -0.395 e. The van der Waals surface area contributed by atoms with Gasteiger partial charge in [-0.15, -0.1) is 0 Å². The molecule has 2 atom stereocenters. The third kappa shape index (κ3) is 4.05. The van der Waals surface area contributed by atoms with Gasteiger partial charge in [0, 0.05) is 13.1 Å². The van der Waals surface area contributed by atoms with Gasteiger partial charge in [-0.3, -0.25) is 4.79 Å². The number of aliphatic hydroxyl groups is 1. The molecule has 2 N–H and O–H groups in total. The summed E-state index contributed by atoms with van der Waals surface area (Å²) in [5, 5.41) is 12.5. The normalized spacial score (nSPS) is 22.5. The predicted octanol–water partition coefficient (Wildman–Crippen LogP) is 1.40. The molecule has 0 bridgehead atoms. The summed E-state index contributed by atoms with van der Waals surface area (Å²) in [5.74, 6) is 0.687. The number of rotatable bonds is 5. The van der Waals surface area contributed by atoms with E-state index in [4.69, 9.17) is 0 Å². The monoisotopic (exact) mass is 276 g/mol. The van der Waals surface area contributed by atoms with Crippen molar-refractivity contribution in [2.45, 2.75) is 32.4 Å². The maximum atomic E-state index is 12.6. The van der Waals surface area contributed by atoms with Crippen molar-refractivity contribution in [3.63, 3.8) is 0 Å². The molecule has 1 amide bonds. The molecule has 2 unspecified atom stereocenters. The van der Waals surface area contributed by atoms with Crippen molar-refractivity contribution in [2.75, 3.05) is 19.7 Å². The van der Waals surface area contributed by atoms with Crippen LogP contribution in [0.5, 0.6) is 0 Å². The van der Waals surface area contributed by atoms with Gasteiger partial charge in [-0.2, -0.15) is 0 Å². The average Bonchev–Trinajstić information content (AvgIpc) is 2.47. The van der Waals surface area contributed by atoms with Gasteiger partial charge in [0.1, 0.15) is 0 Å². The minimum absolute atomic E-state index is 0.000840. The Morgan fingerprint density at radius 2 is 2.15 bits per heavy atom. The van der Waals surface area contributed by atoms with Crippen LogP contribution in [0.15, 0.2) is 30.3 Å². The lowest BCUT2D eigenvalue weighted by molar-refractivity contribution is -0.135. The van der Waals surface area contributed by atoms with Crippen molar-refractivity contribution in [1.82, 2.24) is 10.2 Å². The van der Waals surface area contributed by atoms with E-state index in [1.165, 1.54) is 0 Å². The zero-order valence-electron chi connectivity index (χ0n) is 12.1. The largest absolute Gasteiger partial charge is 0.395 e. The zero-order chi connectivity index (χ0) is 14.4. The first-order valence-corrected chi connectivity index (χ1v) is 7.37. The van der Waals surface area contributed by atoms with E-state index in [1.54, 1.807) is 4.90 Å². The van der Waals surface area contributed by atoms with Crippen molar-refractivity contribution in [1.29, 1.82) is 0 Å². The van der Waals surface area contributed by atoms with Crippen LogP contribution >= 0.6 is 0 Å². The highest BCUT2D eigenvalue weighted by Crippen LogP contribution is 2.17. The lowest BCUT2D eigenvalue weighted by Crippen LogP contribution is -2.50. The number of carbonyl (C=O) groups excluding carboxylic acids is 1. The third-order valence-electron chi connectivity index (χ3n) is 3.86. The van der Waals surface area contributed by atoms with Gasteiger partial charge < -0.3 is 15.3 Å². The first-order valence-electron chi connectivity index (χ1n) is 7.37. The van der Waals surface area contributed by atoms with Crippen LogP contribution in [-0.4, -0.2) is 41.7 Å². The molecule has 4 nitrogen and oxygen atoms in total. The molecule has 110 valence electrons. The van der Waals surface area contributed by atoms with E-state index in [-0.39, 0.29) is 18.6 Å².